The Hall–Kier alpha value is -1.06. The van der Waals surface area contributed by atoms with Crippen molar-refractivity contribution in [1.29, 1.82) is 0 Å². The molecular formula is C11H18N2O. The van der Waals surface area contributed by atoms with Crippen LogP contribution >= 0.6 is 0 Å². The maximum absolute atomic E-state index is 9.63. The third-order valence-electron chi connectivity index (χ3n) is 2.40. The lowest BCUT2D eigenvalue weighted by Crippen LogP contribution is -2.17. The summed E-state index contributed by atoms with van der Waals surface area (Å²) < 4.78 is 0. The van der Waals surface area contributed by atoms with Crippen molar-refractivity contribution in [3.63, 3.8) is 0 Å². The van der Waals surface area contributed by atoms with Crippen molar-refractivity contribution in [3.8, 4) is 5.75 Å². The normalized spacial score (nSPS) is 13.2. The first-order valence-corrected chi connectivity index (χ1v) is 4.83. The first-order chi connectivity index (χ1) is 6.56. The van der Waals surface area contributed by atoms with Gasteiger partial charge in [0, 0.05) is 18.2 Å². The number of benzene rings is 1. The van der Waals surface area contributed by atoms with E-state index < -0.39 is 0 Å². The van der Waals surface area contributed by atoms with Crippen LogP contribution in [0.25, 0.3) is 0 Å². The predicted octanol–water partition coefficient (Wildman–Crippen LogP) is 1.51. The van der Waals surface area contributed by atoms with E-state index in [0.29, 0.717) is 12.5 Å². The lowest BCUT2D eigenvalue weighted by Gasteiger charge is -2.18. The molecule has 0 radical (unpaired) electrons. The molecule has 0 bridgehead atoms. The van der Waals surface area contributed by atoms with Gasteiger partial charge in [-0.2, -0.15) is 0 Å². The zero-order chi connectivity index (χ0) is 10.7. The van der Waals surface area contributed by atoms with Crippen molar-refractivity contribution >= 4 is 0 Å². The van der Waals surface area contributed by atoms with Crippen molar-refractivity contribution in [2.24, 2.45) is 17.4 Å². The molecule has 0 aromatic heterocycles. The molecule has 5 N–H and O–H groups in total. The van der Waals surface area contributed by atoms with Gasteiger partial charge in [-0.05, 0) is 23.6 Å². The summed E-state index contributed by atoms with van der Waals surface area (Å²) in [5.74, 6) is 0.553. The largest absolute Gasteiger partial charge is 0.508 e. The van der Waals surface area contributed by atoms with Gasteiger partial charge in [0.15, 0.2) is 0 Å². The summed E-state index contributed by atoms with van der Waals surface area (Å²) in [5, 5.41) is 9.63. The second-order valence-corrected chi connectivity index (χ2v) is 3.87. The van der Waals surface area contributed by atoms with Crippen LogP contribution in [0.2, 0.25) is 0 Å². The standard InChI is InChI=1S/C11H18N2O/c1-7(2)11(13)9-5-8(6-12)3-4-10(9)14/h3-5,7,11,14H,6,12-13H2,1-2H3/t11-/m0/s1. The number of hydrogen-bond donors (Lipinski definition) is 3. The number of aromatic hydroxyl groups is 1. The molecule has 0 heterocycles. The highest BCUT2D eigenvalue weighted by atomic mass is 16.3. The van der Waals surface area contributed by atoms with Crippen molar-refractivity contribution in [1.82, 2.24) is 0 Å². The van der Waals surface area contributed by atoms with Gasteiger partial charge < -0.3 is 16.6 Å². The fourth-order valence-electron chi connectivity index (χ4n) is 1.36. The Labute approximate surface area is 84.7 Å². The van der Waals surface area contributed by atoms with Gasteiger partial charge in [-0.3, -0.25) is 0 Å². The SMILES string of the molecule is CC(C)[C@H](N)c1cc(CN)ccc1O. The van der Waals surface area contributed by atoms with Crippen LogP contribution in [0, 0.1) is 5.92 Å². The van der Waals surface area contributed by atoms with Crippen molar-refractivity contribution in [2.45, 2.75) is 26.4 Å². The molecule has 0 aliphatic carbocycles. The maximum atomic E-state index is 9.63. The minimum Gasteiger partial charge on any atom is -0.508 e. The van der Waals surface area contributed by atoms with E-state index in [4.69, 9.17) is 11.5 Å². The van der Waals surface area contributed by atoms with Crippen LogP contribution in [0.5, 0.6) is 5.75 Å². The lowest BCUT2D eigenvalue weighted by molar-refractivity contribution is 0.439. The van der Waals surface area contributed by atoms with Crippen molar-refractivity contribution in [3.05, 3.63) is 29.3 Å². The first kappa shape index (κ1) is 11.0. The molecule has 1 aromatic rings. The third kappa shape index (κ3) is 2.25. The quantitative estimate of drug-likeness (QED) is 0.683. The summed E-state index contributed by atoms with van der Waals surface area (Å²) in [6.07, 6.45) is 0. The molecule has 78 valence electrons. The zero-order valence-electron chi connectivity index (χ0n) is 8.70. The molecule has 3 heteroatoms. The minimum absolute atomic E-state index is 0.138. The zero-order valence-corrected chi connectivity index (χ0v) is 8.70. The lowest BCUT2D eigenvalue weighted by atomic mass is 9.95. The highest BCUT2D eigenvalue weighted by Gasteiger charge is 2.14. The van der Waals surface area contributed by atoms with Crippen LogP contribution in [0.15, 0.2) is 18.2 Å². The molecule has 0 fully saturated rings. The number of phenolic OH excluding ortho intramolecular Hbond substituents is 1. The molecule has 1 atom stereocenters. The molecule has 0 spiro atoms. The van der Waals surface area contributed by atoms with Crippen LogP contribution in [0.4, 0.5) is 0 Å². The first-order valence-electron chi connectivity index (χ1n) is 4.83. The van der Waals surface area contributed by atoms with Gasteiger partial charge in [0.1, 0.15) is 5.75 Å². The number of hydrogen-bond acceptors (Lipinski definition) is 3. The second-order valence-electron chi connectivity index (χ2n) is 3.87. The molecule has 0 aliphatic heterocycles. The highest BCUT2D eigenvalue weighted by molar-refractivity contribution is 5.38. The van der Waals surface area contributed by atoms with Crippen LogP contribution in [-0.4, -0.2) is 5.11 Å². The Morgan fingerprint density at radius 2 is 2.00 bits per heavy atom. The third-order valence-corrected chi connectivity index (χ3v) is 2.40. The highest BCUT2D eigenvalue weighted by Crippen LogP contribution is 2.28. The molecule has 3 nitrogen and oxygen atoms in total. The van der Waals surface area contributed by atoms with E-state index in [1.807, 2.05) is 26.0 Å². The van der Waals surface area contributed by atoms with E-state index in [9.17, 15) is 5.11 Å². The summed E-state index contributed by atoms with van der Waals surface area (Å²) in [4.78, 5) is 0. The summed E-state index contributed by atoms with van der Waals surface area (Å²) in [6.45, 7) is 4.52. The molecule has 14 heavy (non-hydrogen) atoms. The molecule has 1 aromatic carbocycles. The van der Waals surface area contributed by atoms with E-state index in [0.717, 1.165) is 11.1 Å². The smallest absolute Gasteiger partial charge is 0.120 e. The average Bonchev–Trinajstić information content (AvgIpc) is 2.17. The van der Waals surface area contributed by atoms with Crippen LogP contribution in [0.3, 0.4) is 0 Å². The Bertz CT molecular complexity index is 310. The van der Waals surface area contributed by atoms with Crippen molar-refractivity contribution in [2.75, 3.05) is 0 Å². The van der Waals surface area contributed by atoms with Gasteiger partial charge in [0.05, 0.1) is 0 Å². The summed E-state index contributed by atoms with van der Waals surface area (Å²) in [7, 11) is 0. The monoisotopic (exact) mass is 194 g/mol. The van der Waals surface area contributed by atoms with Crippen molar-refractivity contribution < 1.29 is 5.11 Å². The molecule has 0 amide bonds. The van der Waals surface area contributed by atoms with Gasteiger partial charge in [0.25, 0.3) is 0 Å². The van der Waals surface area contributed by atoms with Crippen LogP contribution in [0.1, 0.15) is 31.0 Å². The van der Waals surface area contributed by atoms with Gasteiger partial charge >= 0.3 is 0 Å². The number of rotatable bonds is 3. The molecular weight excluding hydrogens is 176 g/mol. The van der Waals surface area contributed by atoms with E-state index in [-0.39, 0.29) is 11.8 Å². The summed E-state index contributed by atoms with van der Waals surface area (Å²) in [5.41, 5.74) is 13.3. The van der Waals surface area contributed by atoms with Crippen LogP contribution in [-0.2, 0) is 6.54 Å². The average molecular weight is 194 g/mol. The fraction of sp³-hybridized carbons (Fsp3) is 0.455. The molecule has 0 aliphatic rings. The van der Waals surface area contributed by atoms with Gasteiger partial charge in [-0.15, -0.1) is 0 Å². The Morgan fingerprint density at radius 1 is 1.36 bits per heavy atom. The Morgan fingerprint density at radius 3 is 2.50 bits per heavy atom. The second kappa shape index (κ2) is 4.44. The predicted molar refractivity (Wildman–Crippen MR) is 57.8 cm³/mol. The minimum atomic E-state index is -0.138. The van der Waals surface area contributed by atoms with E-state index in [1.165, 1.54) is 0 Å². The summed E-state index contributed by atoms with van der Waals surface area (Å²) in [6, 6.07) is 5.20. The topological polar surface area (TPSA) is 72.3 Å². The maximum Gasteiger partial charge on any atom is 0.120 e. The van der Waals surface area contributed by atoms with E-state index in [2.05, 4.69) is 0 Å². The molecule has 0 saturated heterocycles. The van der Waals surface area contributed by atoms with E-state index in [1.54, 1.807) is 6.07 Å². The molecule has 0 saturated carbocycles. The van der Waals surface area contributed by atoms with Gasteiger partial charge in [-0.1, -0.05) is 19.9 Å². The fourth-order valence-corrected chi connectivity index (χ4v) is 1.36. The summed E-state index contributed by atoms with van der Waals surface area (Å²) >= 11 is 0. The Balaban J connectivity index is 3.05. The Kier molecular flexibility index (Phi) is 3.49. The van der Waals surface area contributed by atoms with Gasteiger partial charge in [-0.25, -0.2) is 0 Å². The number of phenols is 1. The van der Waals surface area contributed by atoms with E-state index >= 15 is 0 Å². The molecule has 0 unspecified atom stereocenters. The van der Waals surface area contributed by atoms with Crippen LogP contribution < -0.4 is 11.5 Å². The molecule has 1 rings (SSSR count). The number of nitrogens with two attached hydrogens (primary N) is 2. The van der Waals surface area contributed by atoms with Gasteiger partial charge in [0.2, 0.25) is 0 Å².